The largest absolute Gasteiger partial charge is 0.340 e. The molecule has 0 saturated heterocycles. The van der Waals surface area contributed by atoms with E-state index >= 15 is 0 Å². The number of hydrogen-bond acceptors (Lipinski definition) is 4. The first-order chi connectivity index (χ1) is 14.0. The second-order valence-corrected chi connectivity index (χ2v) is 7.34. The van der Waals surface area contributed by atoms with Gasteiger partial charge in [-0.3, -0.25) is 19.1 Å². The summed E-state index contributed by atoms with van der Waals surface area (Å²) in [4.78, 5) is 41.2. The predicted octanol–water partition coefficient (Wildman–Crippen LogP) is 3.03. The first-order valence-corrected chi connectivity index (χ1v) is 9.60. The molecule has 1 aromatic heterocycles. The number of allylic oxidation sites excluding steroid dienone is 1. The number of aromatic amines is 1. The molecule has 0 amide bonds. The zero-order valence-electron chi connectivity index (χ0n) is 16.1. The molecule has 6 heteroatoms. The third kappa shape index (κ3) is 2.32. The SMILES string of the molecule is CCn1c2c(c(=O)[nH]c1=O)[C@H](c1ccccc1C)C1=C(N2)c2ccccc2C1=O. The number of benzene rings is 2. The molecule has 29 heavy (non-hydrogen) atoms. The highest BCUT2D eigenvalue weighted by Crippen LogP contribution is 2.48. The minimum Gasteiger partial charge on any atom is -0.340 e. The number of aryl methyl sites for hydroxylation is 1. The van der Waals surface area contributed by atoms with E-state index in [2.05, 4.69) is 10.3 Å². The van der Waals surface area contributed by atoms with Crippen LogP contribution in [0.2, 0.25) is 0 Å². The number of carbonyl (C=O) groups excluding carboxylic acids is 1. The molecular weight excluding hydrogens is 366 g/mol. The monoisotopic (exact) mass is 385 g/mol. The summed E-state index contributed by atoms with van der Waals surface area (Å²) in [5.74, 6) is -0.182. The van der Waals surface area contributed by atoms with E-state index < -0.39 is 17.2 Å². The molecule has 1 aliphatic heterocycles. The summed E-state index contributed by atoms with van der Waals surface area (Å²) in [7, 11) is 0. The molecule has 0 fully saturated rings. The van der Waals surface area contributed by atoms with Gasteiger partial charge in [0.1, 0.15) is 5.82 Å². The molecule has 1 atom stereocenters. The molecule has 0 saturated carbocycles. The molecule has 0 radical (unpaired) electrons. The molecule has 1 aliphatic carbocycles. The lowest BCUT2D eigenvalue weighted by atomic mass is 9.80. The number of rotatable bonds is 2. The molecule has 6 nitrogen and oxygen atoms in total. The molecule has 2 aromatic carbocycles. The highest BCUT2D eigenvalue weighted by Gasteiger charge is 2.42. The standard InChI is InChI=1S/C23H19N3O3/c1-3-26-21-18(22(28)25-23(26)29)16(13-9-5-4-8-12(13)2)17-19(24-21)14-10-6-7-11-15(14)20(17)27/h4-11,16,24H,3H2,1-2H3,(H,25,28,29)/t16-/m1/s1. The predicted molar refractivity (Wildman–Crippen MR) is 111 cm³/mol. The van der Waals surface area contributed by atoms with Crippen LogP contribution in [0.1, 0.15) is 45.5 Å². The van der Waals surface area contributed by atoms with Crippen LogP contribution in [0.15, 0.2) is 63.7 Å². The summed E-state index contributed by atoms with van der Waals surface area (Å²) in [6.07, 6.45) is 0. The van der Waals surface area contributed by atoms with Gasteiger partial charge in [-0.15, -0.1) is 0 Å². The van der Waals surface area contributed by atoms with E-state index in [4.69, 9.17) is 0 Å². The van der Waals surface area contributed by atoms with Crippen molar-refractivity contribution >= 4 is 17.3 Å². The molecular formula is C23H19N3O3. The third-order valence-corrected chi connectivity index (χ3v) is 5.83. The van der Waals surface area contributed by atoms with Crippen LogP contribution >= 0.6 is 0 Å². The van der Waals surface area contributed by atoms with Crippen LogP contribution in [0, 0.1) is 6.92 Å². The Labute approximate surface area is 166 Å². The van der Waals surface area contributed by atoms with E-state index in [-0.39, 0.29) is 5.78 Å². The van der Waals surface area contributed by atoms with Crippen LogP contribution in [0.3, 0.4) is 0 Å². The van der Waals surface area contributed by atoms with Gasteiger partial charge in [-0.25, -0.2) is 4.79 Å². The fourth-order valence-electron chi connectivity index (χ4n) is 4.49. The normalized spacial score (nSPS) is 16.9. The maximum absolute atomic E-state index is 13.4. The molecule has 0 bridgehead atoms. The van der Waals surface area contributed by atoms with Crippen molar-refractivity contribution in [2.24, 2.45) is 0 Å². The van der Waals surface area contributed by atoms with E-state index in [1.54, 1.807) is 6.07 Å². The van der Waals surface area contributed by atoms with E-state index in [0.29, 0.717) is 34.8 Å². The number of fused-ring (bicyclic) bond motifs is 3. The smallest absolute Gasteiger partial charge is 0.329 e. The van der Waals surface area contributed by atoms with Crippen LogP contribution in [0.4, 0.5) is 5.82 Å². The molecule has 0 spiro atoms. The van der Waals surface area contributed by atoms with Crippen LogP contribution in [0.25, 0.3) is 5.70 Å². The highest BCUT2D eigenvalue weighted by atomic mass is 16.2. The number of aromatic nitrogens is 2. The van der Waals surface area contributed by atoms with Gasteiger partial charge in [0.05, 0.1) is 11.3 Å². The minimum absolute atomic E-state index is 0.0874. The number of nitrogens with zero attached hydrogens (tertiary/aromatic N) is 1. The number of nitrogens with one attached hydrogen (secondary N) is 2. The van der Waals surface area contributed by atoms with E-state index in [1.165, 1.54) is 4.57 Å². The summed E-state index contributed by atoms with van der Waals surface area (Å²) in [6, 6.07) is 15.1. The molecule has 2 aliphatic rings. The van der Waals surface area contributed by atoms with Gasteiger partial charge in [-0.1, -0.05) is 48.5 Å². The number of H-pyrrole nitrogens is 1. The zero-order valence-corrected chi connectivity index (χ0v) is 16.1. The Balaban J connectivity index is 1.90. The topological polar surface area (TPSA) is 84.0 Å². The maximum Gasteiger partial charge on any atom is 0.329 e. The minimum atomic E-state index is -0.551. The van der Waals surface area contributed by atoms with Gasteiger partial charge in [0.2, 0.25) is 0 Å². The Morgan fingerprint density at radius 2 is 1.66 bits per heavy atom. The summed E-state index contributed by atoms with van der Waals surface area (Å²) >= 11 is 0. The average molecular weight is 385 g/mol. The average Bonchev–Trinajstić information content (AvgIpc) is 3.00. The van der Waals surface area contributed by atoms with Gasteiger partial charge in [-0.2, -0.15) is 0 Å². The summed E-state index contributed by atoms with van der Waals surface area (Å²) in [6.45, 7) is 4.21. The lowest BCUT2D eigenvalue weighted by molar-refractivity contribution is 0.103. The van der Waals surface area contributed by atoms with Crippen molar-refractivity contribution in [2.45, 2.75) is 26.3 Å². The van der Waals surface area contributed by atoms with Crippen LogP contribution in [-0.4, -0.2) is 15.3 Å². The second kappa shape index (κ2) is 6.17. The van der Waals surface area contributed by atoms with Gasteiger partial charge in [0.25, 0.3) is 5.56 Å². The van der Waals surface area contributed by atoms with Gasteiger partial charge in [-0.05, 0) is 25.0 Å². The number of hydrogen-bond donors (Lipinski definition) is 2. The number of ketones is 1. The van der Waals surface area contributed by atoms with E-state index in [9.17, 15) is 14.4 Å². The molecule has 5 rings (SSSR count). The van der Waals surface area contributed by atoms with Crippen LogP contribution in [-0.2, 0) is 6.54 Å². The Morgan fingerprint density at radius 1 is 0.966 bits per heavy atom. The van der Waals surface area contributed by atoms with Gasteiger partial charge in [0.15, 0.2) is 5.78 Å². The Kier molecular flexibility index (Phi) is 3.71. The molecule has 2 N–H and O–H groups in total. The Bertz CT molecular complexity index is 1340. The third-order valence-electron chi connectivity index (χ3n) is 5.83. The fraction of sp³-hybridized carbons (Fsp3) is 0.174. The van der Waals surface area contributed by atoms with Gasteiger partial charge in [0, 0.05) is 29.2 Å². The van der Waals surface area contributed by atoms with Crippen molar-refractivity contribution in [3.63, 3.8) is 0 Å². The maximum atomic E-state index is 13.4. The van der Waals surface area contributed by atoms with Crippen molar-refractivity contribution in [2.75, 3.05) is 5.32 Å². The van der Waals surface area contributed by atoms with Gasteiger partial charge < -0.3 is 5.32 Å². The summed E-state index contributed by atoms with van der Waals surface area (Å²) in [5.41, 5.74) is 3.98. The molecule has 144 valence electrons. The first-order valence-electron chi connectivity index (χ1n) is 9.60. The van der Waals surface area contributed by atoms with Crippen molar-refractivity contribution in [3.05, 3.63) is 103 Å². The quantitative estimate of drug-likeness (QED) is 0.710. The first kappa shape index (κ1) is 17.4. The van der Waals surface area contributed by atoms with E-state index in [0.717, 1.165) is 16.7 Å². The van der Waals surface area contributed by atoms with Crippen molar-refractivity contribution < 1.29 is 4.79 Å². The number of Topliss-reactive ketones (excluding diaryl/α,β-unsaturated/α-hetero) is 1. The zero-order chi connectivity index (χ0) is 20.3. The van der Waals surface area contributed by atoms with E-state index in [1.807, 2.05) is 56.3 Å². The lowest BCUT2D eigenvalue weighted by Crippen LogP contribution is -2.38. The number of anilines is 1. The van der Waals surface area contributed by atoms with Crippen molar-refractivity contribution in [3.8, 4) is 0 Å². The van der Waals surface area contributed by atoms with Crippen LogP contribution < -0.4 is 16.6 Å². The lowest BCUT2D eigenvalue weighted by Gasteiger charge is -2.30. The molecule has 3 aromatic rings. The second-order valence-electron chi connectivity index (χ2n) is 7.34. The fourth-order valence-corrected chi connectivity index (χ4v) is 4.49. The highest BCUT2D eigenvalue weighted by molar-refractivity contribution is 6.23. The van der Waals surface area contributed by atoms with Crippen molar-refractivity contribution in [1.82, 2.24) is 9.55 Å². The Hall–Kier alpha value is -3.67. The Morgan fingerprint density at radius 3 is 2.38 bits per heavy atom. The van der Waals surface area contributed by atoms with Gasteiger partial charge >= 0.3 is 5.69 Å². The summed E-state index contributed by atoms with van der Waals surface area (Å²) in [5, 5.41) is 3.27. The molecule has 2 heterocycles. The van der Waals surface area contributed by atoms with Crippen LogP contribution in [0.5, 0.6) is 0 Å². The summed E-state index contributed by atoms with van der Waals surface area (Å²) < 4.78 is 1.51. The number of carbonyl (C=O) groups is 1. The molecule has 0 unspecified atom stereocenters. The van der Waals surface area contributed by atoms with Crippen molar-refractivity contribution in [1.29, 1.82) is 0 Å².